The van der Waals surface area contributed by atoms with Gasteiger partial charge in [0.1, 0.15) is 5.82 Å². The number of fused-ring (bicyclic) bond motifs is 3. The molecule has 1 unspecified atom stereocenters. The largest absolute Gasteiger partial charge is 0.356 e. The zero-order valence-corrected chi connectivity index (χ0v) is 17.0. The molecule has 4 nitrogen and oxygen atoms in total. The highest BCUT2D eigenvalue weighted by Gasteiger charge is 2.33. The zero-order chi connectivity index (χ0) is 20.1. The summed E-state index contributed by atoms with van der Waals surface area (Å²) in [5.41, 5.74) is 6.35. The van der Waals surface area contributed by atoms with Gasteiger partial charge in [-0.15, -0.1) is 0 Å². The number of aromatic amines is 1. The van der Waals surface area contributed by atoms with Gasteiger partial charge in [0.05, 0.1) is 11.1 Å². The molecule has 2 aromatic heterocycles. The molecule has 5 rings (SSSR count). The summed E-state index contributed by atoms with van der Waals surface area (Å²) in [6.45, 7) is 4.81. The van der Waals surface area contributed by atoms with Crippen molar-refractivity contribution in [2.45, 2.75) is 26.3 Å². The third kappa shape index (κ3) is 3.06. The maximum Gasteiger partial charge on any atom is 0.226 e. The Balaban J connectivity index is 1.71. The molecule has 0 amide bonds. The molecule has 1 N–H and O–H groups in total. The Kier molecular flexibility index (Phi) is 4.28. The minimum absolute atomic E-state index is 0.0868. The van der Waals surface area contributed by atoms with Gasteiger partial charge < -0.3 is 9.88 Å². The topological polar surface area (TPSA) is 44.8 Å². The van der Waals surface area contributed by atoms with Crippen LogP contribution >= 0.6 is 11.6 Å². The molecule has 1 aliphatic heterocycles. The van der Waals surface area contributed by atoms with Crippen LogP contribution in [0.3, 0.4) is 0 Å². The fraction of sp³-hybridized carbons (Fsp3) is 0.217. The van der Waals surface area contributed by atoms with E-state index in [4.69, 9.17) is 11.6 Å². The number of H-pyrrole nitrogens is 1. The van der Waals surface area contributed by atoms with Crippen molar-refractivity contribution < 1.29 is 4.39 Å². The van der Waals surface area contributed by atoms with Crippen LogP contribution in [0.4, 0.5) is 10.3 Å². The fourth-order valence-electron chi connectivity index (χ4n) is 4.13. The second kappa shape index (κ2) is 6.85. The summed E-state index contributed by atoms with van der Waals surface area (Å²) in [4.78, 5) is 14.8. The quantitative estimate of drug-likeness (QED) is 0.476. The Hall–Kier alpha value is -2.92. The Morgan fingerprint density at radius 3 is 2.52 bits per heavy atom. The van der Waals surface area contributed by atoms with Crippen molar-refractivity contribution in [2.24, 2.45) is 0 Å². The van der Waals surface area contributed by atoms with Crippen LogP contribution in [0.2, 0.25) is 5.02 Å². The molecule has 146 valence electrons. The highest BCUT2D eigenvalue weighted by Crippen LogP contribution is 2.40. The number of halogens is 2. The lowest BCUT2D eigenvalue weighted by molar-refractivity contribution is 0.625. The van der Waals surface area contributed by atoms with Gasteiger partial charge in [0.25, 0.3) is 0 Å². The number of anilines is 1. The van der Waals surface area contributed by atoms with E-state index in [9.17, 15) is 4.39 Å². The predicted molar refractivity (Wildman–Crippen MR) is 114 cm³/mol. The lowest BCUT2D eigenvalue weighted by Crippen LogP contribution is -2.37. The normalized spacial score (nSPS) is 16.3. The van der Waals surface area contributed by atoms with Crippen molar-refractivity contribution in [3.63, 3.8) is 0 Å². The smallest absolute Gasteiger partial charge is 0.226 e. The van der Waals surface area contributed by atoms with Gasteiger partial charge in [0.15, 0.2) is 0 Å². The Morgan fingerprint density at radius 1 is 1.07 bits per heavy atom. The van der Waals surface area contributed by atoms with Crippen LogP contribution in [0.15, 0.2) is 48.8 Å². The molecule has 3 heterocycles. The maximum absolute atomic E-state index is 14.1. The zero-order valence-electron chi connectivity index (χ0n) is 16.2. The van der Waals surface area contributed by atoms with E-state index in [1.165, 1.54) is 17.2 Å². The van der Waals surface area contributed by atoms with Gasteiger partial charge >= 0.3 is 0 Å². The van der Waals surface area contributed by atoms with Crippen LogP contribution in [-0.2, 0) is 6.42 Å². The molecule has 0 fully saturated rings. The molecule has 1 aliphatic rings. The van der Waals surface area contributed by atoms with Crippen molar-refractivity contribution in [2.75, 3.05) is 11.4 Å². The first kappa shape index (κ1) is 18.1. The number of aryl methyl sites for hydroxylation is 2. The van der Waals surface area contributed by atoms with Gasteiger partial charge in [0, 0.05) is 35.5 Å². The van der Waals surface area contributed by atoms with E-state index >= 15 is 0 Å². The number of rotatable bonds is 2. The number of hydrogen-bond acceptors (Lipinski definition) is 3. The number of aromatic nitrogens is 3. The van der Waals surface area contributed by atoms with Crippen LogP contribution in [0.1, 0.15) is 34.0 Å². The number of hydrogen-bond donors (Lipinski definition) is 1. The van der Waals surface area contributed by atoms with E-state index < -0.39 is 5.82 Å². The van der Waals surface area contributed by atoms with Crippen molar-refractivity contribution in [1.82, 2.24) is 15.0 Å². The van der Waals surface area contributed by atoms with Gasteiger partial charge in [-0.2, -0.15) is 0 Å². The molecule has 1 atom stereocenters. The average Bonchev–Trinajstić information content (AvgIpc) is 3.06. The van der Waals surface area contributed by atoms with E-state index in [2.05, 4.69) is 51.0 Å². The molecule has 0 saturated heterocycles. The molecule has 0 saturated carbocycles. The van der Waals surface area contributed by atoms with Crippen molar-refractivity contribution in [1.29, 1.82) is 0 Å². The molecule has 0 spiro atoms. The van der Waals surface area contributed by atoms with Gasteiger partial charge in [-0.25, -0.2) is 14.4 Å². The molecule has 29 heavy (non-hydrogen) atoms. The van der Waals surface area contributed by atoms with E-state index in [0.29, 0.717) is 5.95 Å². The van der Waals surface area contributed by atoms with Crippen molar-refractivity contribution in [3.05, 3.63) is 87.6 Å². The van der Waals surface area contributed by atoms with Crippen LogP contribution in [0.25, 0.3) is 10.9 Å². The predicted octanol–water partition coefficient (Wildman–Crippen LogP) is 5.52. The Bertz CT molecular complexity index is 1200. The summed E-state index contributed by atoms with van der Waals surface area (Å²) in [6.07, 6.45) is 4.48. The second-order valence-electron chi connectivity index (χ2n) is 7.65. The summed E-state index contributed by atoms with van der Waals surface area (Å²) in [5, 5.41) is 1.13. The van der Waals surface area contributed by atoms with E-state index in [-0.39, 0.29) is 11.1 Å². The third-order valence-electron chi connectivity index (χ3n) is 5.59. The highest BCUT2D eigenvalue weighted by molar-refractivity contribution is 6.31. The third-order valence-corrected chi connectivity index (χ3v) is 5.87. The van der Waals surface area contributed by atoms with Gasteiger partial charge in [-0.1, -0.05) is 41.4 Å². The molecule has 2 aromatic carbocycles. The number of benzene rings is 2. The lowest BCUT2D eigenvalue weighted by atomic mass is 9.92. The van der Waals surface area contributed by atoms with Crippen molar-refractivity contribution >= 4 is 28.5 Å². The molecular weight excluding hydrogens is 387 g/mol. The summed E-state index contributed by atoms with van der Waals surface area (Å²) >= 11 is 6.08. The number of nitrogens with zero attached hydrogens (tertiary/aromatic N) is 3. The van der Waals surface area contributed by atoms with Crippen LogP contribution in [-0.4, -0.2) is 21.5 Å². The lowest BCUT2D eigenvalue weighted by Gasteiger charge is -2.36. The van der Waals surface area contributed by atoms with E-state index in [1.54, 1.807) is 6.07 Å². The van der Waals surface area contributed by atoms with Crippen LogP contribution in [0, 0.1) is 19.7 Å². The first-order valence-electron chi connectivity index (χ1n) is 9.62. The van der Waals surface area contributed by atoms with Crippen LogP contribution < -0.4 is 4.90 Å². The molecule has 6 heteroatoms. The minimum Gasteiger partial charge on any atom is -0.356 e. The van der Waals surface area contributed by atoms with Gasteiger partial charge in [-0.3, -0.25) is 0 Å². The fourth-order valence-corrected chi connectivity index (χ4v) is 4.29. The first-order chi connectivity index (χ1) is 14.0. The van der Waals surface area contributed by atoms with Gasteiger partial charge in [0.2, 0.25) is 5.95 Å². The van der Waals surface area contributed by atoms with Crippen molar-refractivity contribution in [3.8, 4) is 0 Å². The summed E-state index contributed by atoms with van der Waals surface area (Å²) in [7, 11) is 0. The minimum atomic E-state index is -0.414. The van der Waals surface area contributed by atoms with E-state index in [0.717, 1.165) is 40.7 Å². The standard InChI is InChI=1S/C23H20ClFN4/c1-13-3-5-15(6-4-13)22-21-16(17-9-18(24)19(25)10-20(17)28-21)7-8-29(22)23-26-11-14(2)12-27-23/h3-6,9-12,22,28H,7-8H2,1-2H3. The summed E-state index contributed by atoms with van der Waals surface area (Å²) in [6, 6.07) is 11.6. The van der Waals surface area contributed by atoms with Crippen LogP contribution in [0.5, 0.6) is 0 Å². The second-order valence-corrected chi connectivity index (χ2v) is 8.05. The SMILES string of the molecule is Cc1ccc(C2c3[nH]c4cc(F)c(Cl)cc4c3CCN2c2ncc(C)cn2)cc1. The molecule has 0 bridgehead atoms. The van der Waals surface area contributed by atoms with E-state index in [1.807, 2.05) is 19.3 Å². The molecule has 0 aliphatic carbocycles. The monoisotopic (exact) mass is 406 g/mol. The summed E-state index contributed by atoms with van der Waals surface area (Å²) in [5.74, 6) is 0.276. The molecule has 4 aromatic rings. The molecular formula is C23H20ClFN4. The average molecular weight is 407 g/mol. The summed E-state index contributed by atoms with van der Waals surface area (Å²) < 4.78 is 14.1. The number of nitrogens with one attached hydrogen (secondary N) is 1. The maximum atomic E-state index is 14.1. The first-order valence-corrected chi connectivity index (χ1v) is 10.0. The van der Waals surface area contributed by atoms with Gasteiger partial charge in [-0.05, 0) is 49.1 Å². The highest BCUT2D eigenvalue weighted by atomic mass is 35.5. The molecule has 0 radical (unpaired) electrons. The Labute approximate surface area is 173 Å². The Morgan fingerprint density at radius 2 is 1.79 bits per heavy atom.